The van der Waals surface area contributed by atoms with Crippen molar-refractivity contribution in [2.45, 2.75) is 87.8 Å². The maximum Gasteiger partial charge on any atom is 0.303 e. The molecule has 0 unspecified atom stereocenters. The quantitative estimate of drug-likeness (QED) is 0.397. The highest BCUT2D eigenvalue weighted by molar-refractivity contribution is 6.34. The van der Waals surface area contributed by atoms with Gasteiger partial charge >= 0.3 is 5.97 Å². The molecule has 4 fully saturated rings. The SMILES string of the molecule is CC(=O)OCC(=O)[C@@]12OC(C)(C)O[C@@H]1C[C@H]1[C@@H]3C[C@H](F)C4=CC(=O)C=C[C@]4(C)[C@@]3(Cl)[C@@H](Cl)C[C@@]12C. The van der Waals surface area contributed by atoms with Crippen LogP contribution in [-0.4, -0.2) is 58.1 Å². The molecule has 1 heterocycles. The summed E-state index contributed by atoms with van der Waals surface area (Å²) in [5.74, 6) is -2.92. The molecule has 0 aromatic rings. The van der Waals surface area contributed by atoms with Gasteiger partial charge in [-0.15, -0.1) is 23.2 Å². The van der Waals surface area contributed by atoms with Gasteiger partial charge in [0, 0.05) is 17.8 Å². The second-order valence-corrected chi connectivity index (χ2v) is 12.7. The summed E-state index contributed by atoms with van der Waals surface area (Å²) in [7, 11) is 0. The standard InChI is InChI=1S/C26H31Cl2FO6/c1-13(30)33-12-20(32)26-21(34-22(2,3)35-26)10-15-16-9-18(29)17-8-14(31)6-7-23(17,4)25(16,28)19(27)11-24(15,26)5/h6-8,15-16,18-19,21H,9-12H2,1-5H3/t15-,16-,18-,19-,21+,23-,24-,25-,26+/m0/s1. The molecule has 0 aromatic heterocycles. The van der Waals surface area contributed by atoms with E-state index in [-0.39, 0.29) is 23.9 Å². The molecule has 1 aliphatic heterocycles. The molecule has 0 aromatic carbocycles. The third kappa shape index (κ3) is 3.11. The van der Waals surface area contributed by atoms with Crippen molar-refractivity contribution in [3.8, 4) is 0 Å². The monoisotopic (exact) mass is 528 g/mol. The number of esters is 1. The van der Waals surface area contributed by atoms with Gasteiger partial charge in [0.15, 0.2) is 23.8 Å². The Balaban J connectivity index is 1.62. The molecule has 0 amide bonds. The average molecular weight is 529 g/mol. The maximum absolute atomic E-state index is 15.7. The number of alkyl halides is 3. The average Bonchev–Trinajstić information content (AvgIpc) is 3.16. The van der Waals surface area contributed by atoms with Crippen LogP contribution in [0.4, 0.5) is 4.39 Å². The highest BCUT2D eigenvalue weighted by Crippen LogP contribution is 2.73. The molecule has 0 radical (unpaired) electrons. The van der Waals surface area contributed by atoms with Crippen molar-refractivity contribution in [1.29, 1.82) is 0 Å². The van der Waals surface area contributed by atoms with Crippen LogP contribution in [0.15, 0.2) is 23.8 Å². The molecule has 5 rings (SSSR count). The van der Waals surface area contributed by atoms with E-state index in [4.69, 9.17) is 37.4 Å². The number of carbonyl (C=O) groups is 3. The molecule has 1 saturated heterocycles. The van der Waals surface area contributed by atoms with Gasteiger partial charge in [0.05, 0.1) is 16.4 Å². The topological polar surface area (TPSA) is 78.9 Å². The van der Waals surface area contributed by atoms with Gasteiger partial charge in [-0.3, -0.25) is 14.4 Å². The molecular formula is C26H31Cl2FO6. The van der Waals surface area contributed by atoms with Crippen molar-refractivity contribution in [2.75, 3.05) is 6.61 Å². The van der Waals surface area contributed by atoms with Gasteiger partial charge < -0.3 is 14.2 Å². The number of fused-ring (bicyclic) bond motifs is 7. The first-order chi connectivity index (χ1) is 16.1. The van der Waals surface area contributed by atoms with Crippen LogP contribution in [-0.2, 0) is 28.6 Å². The Morgan fingerprint density at radius 3 is 2.54 bits per heavy atom. The Bertz CT molecular complexity index is 1070. The molecule has 6 nitrogen and oxygen atoms in total. The zero-order chi connectivity index (χ0) is 25.8. The van der Waals surface area contributed by atoms with Gasteiger partial charge in [-0.25, -0.2) is 4.39 Å². The molecular weight excluding hydrogens is 498 g/mol. The second-order valence-electron chi connectivity index (χ2n) is 11.6. The molecule has 5 aliphatic rings. The molecule has 9 atom stereocenters. The van der Waals surface area contributed by atoms with Gasteiger partial charge in [-0.1, -0.05) is 19.9 Å². The Labute approximate surface area is 214 Å². The van der Waals surface area contributed by atoms with E-state index in [1.54, 1.807) is 19.9 Å². The van der Waals surface area contributed by atoms with Gasteiger partial charge in [0.1, 0.15) is 6.17 Å². The van der Waals surface area contributed by atoms with Gasteiger partial charge in [0.25, 0.3) is 0 Å². The third-order valence-corrected chi connectivity index (χ3v) is 10.9. The van der Waals surface area contributed by atoms with E-state index in [2.05, 4.69) is 0 Å². The summed E-state index contributed by atoms with van der Waals surface area (Å²) < 4.78 is 33.5. The lowest BCUT2D eigenvalue weighted by Gasteiger charge is -2.64. The summed E-state index contributed by atoms with van der Waals surface area (Å²) in [5.41, 5.74) is -2.86. The summed E-state index contributed by atoms with van der Waals surface area (Å²) in [6, 6.07) is 0. The van der Waals surface area contributed by atoms with E-state index in [0.29, 0.717) is 18.4 Å². The summed E-state index contributed by atoms with van der Waals surface area (Å²) in [6.45, 7) is 8.08. The largest absolute Gasteiger partial charge is 0.458 e. The van der Waals surface area contributed by atoms with E-state index in [9.17, 15) is 14.4 Å². The molecule has 0 bridgehead atoms. The number of allylic oxidation sites excluding steroid dienone is 4. The lowest BCUT2D eigenvalue weighted by atomic mass is 9.46. The van der Waals surface area contributed by atoms with Crippen molar-refractivity contribution >= 4 is 40.7 Å². The van der Waals surface area contributed by atoms with E-state index in [1.165, 1.54) is 19.1 Å². The van der Waals surface area contributed by atoms with Crippen LogP contribution in [0.5, 0.6) is 0 Å². The molecule has 9 heteroatoms. The van der Waals surface area contributed by atoms with Crippen molar-refractivity contribution in [2.24, 2.45) is 22.7 Å². The number of rotatable bonds is 3. The molecule has 3 saturated carbocycles. The Kier molecular flexibility index (Phi) is 5.53. The predicted molar refractivity (Wildman–Crippen MR) is 127 cm³/mol. The predicted octanol–water partition coefficient (Wildman–Crippen LogP) is 4.45. The fourth-order valence-electron chi connectivity index (χ4n) is 8.01. The van der Waals surface area contributed by atoms with E-state index < -0.39 is 63.2 Å². The number of halogens is 3. The number of ketones is 2. The first kappa shape index (κ1) is 25.4. The minimum atomic E-state index is -1.41. The number of Topliss-reactive ketones (excluding diaryl/α,β-unsaturated/α-hetero) is 1. The molecule has 4 aliphatic carbocycles. The summed E-state index contributed by atoms with van der Waals surface area (Å²) in [6.07, 6.45) is 3.31. The molecule has 35 heavy (non-hydrogen) atoms. The molecule has 192 valence electrons. The van der Waals surface area contributed by atoms with E-state index in [1.807, 2.05) is 13.8 Å². The summed E-state index contributed by atoms with van der Waals surface area (Å²) in [4.78, 5) is 36.2. The summed E-state index contributed by atoms with van der Waals surface area (Å²) >= 11 is 14.6. The van der Waals surface area contributed by atoms with Crippen LogP contribution in [0, 0.1) is 22.7 Å². The highest BCUT2D eigenvalue weighted by Gasteiger charge is 2.79. The Morgan fingerprint density at radius 2 is 1.89 bits per heavy atom. The highest BCUT2D eigenvalue weighted by atomic mass is 35.5. The lowest BCUT2D eigenvalue weighted by molar-refractivity contribution is -0.214. The zero-order valence-electron chi connectivity index (χ0n) is 20.5. The van der Waals surface area contributed by atoms with Crippen molar-refractivity contribution in [1.82, 2.24) is 0 Å². The van der Waals surface area contributed by atoms with E-state index >= 15 is 4.39 Å². The van der Waals surface area contributed by atoms with Crippen LogP contribution in [0.1, 0.15) is 53.9 Å². The molecule has 0 N–H and O–H groups in total. The Hall–Kier alpha value is -1.28. The van der Waals surface area contributed by atoms with Crippen LogP contribution < -0.4 is 0 Å². The summed E-state index contributed by atoms with van der Waals surface area (Å²) in [5, 5.41) is -0.668. The lowest BCUT2D eigenvalue weighted by Crippen LogP contribution is -2.69. The van der Waals surface area contributed by atoms with Crippen molar-refractivity contribution in [3.05, 3.63) is 23.8 Å². The number of carbonyl (C=O) groups excluding carboxylic acids is 3. The van der Waals surface area contributed by atoms with Crippen LogP contribution in [0.3, 0.4) is 0 Å². The van der Waals surface area contributed by atoms with E-state index in [0.717, 1.165) is 0 Å². The first-order valence-electron chi connectivity index (χ1n) is 12.1. The first-order valence-corrected chi connectivity index (χ1v) is 12.9. The molecule has 0 spiro atoms. The van der Waals surface area contributed by atoms with Crippen LogP contribution in [0.2, 0.25) is 0 Å². The smallest absolute Gasteiger partial charge is 0.303 e. The fourth-order valence-corrected chi connectivity index (χ4v) is 9.21. The van der Waals surface area contributed by atoms with Crippen molar-refractivity contribution < 1.29 is 33.0 Å². The number of hydrogen-bond donors (Lipinski definition) is 0. The zero-order valence-corrected chi connectivity index (χ0v) is 22.0. The fraction of sp³-hybridized carbons (Fsp3) is 0.731. The van der Waals surface area contributed by atoms with Gasteiger partial charge in [-0.2, -0.15) is 0 Å². The normalized spacial score (nSPS) is 49.4. The van der Waals surface area contributed by atoms with Gasteiger partial charge in [-0.05, 0) is 62.7 Å². The van der Waals surface area contributed by atoms with Crippen LogP contribution >= 0.6 is 23.2 Å². The second kappa shape index (κ2) is 7.62. The van der Waals surface area contributed by atoms with Gasteiger partial charge in [0.2, 0.25) is 5.78 Å². The number of ether oxygens (including phenoxy) is 3. The minimum Gasteiger partial charge on any atom is -0.458 e. The minimum absolute atomic E-state index is 0.0832. The maximum atomic E-state index is 15.7. The third-order valence-electron chi connectivity index (χ3n) is 9.40. The number of hydrogen-bond acceptors (Lipinski definition) is 6. The van der Waals surface area contributed by atoms with Crippen molar-refractivity contribution in [3.63, 3.8) is 0 Å². The Morgan fingerprint density at radius 1 is 1.20 bits per heavy atom. The van der Waals surface area contributed by atoms with Crippen LogP contribution in [0.25, 0.3) is 0 Å².